The van der Waals surface area contributed by atoms with Gasteiger partial charge >= 0.3 is 0 Å². The van der Waals surface area contributed by atoms with Crippen LogP contribution in [0.5, 0.6) is 0 Å². The summed E-state index contributed by atoms with van der Waals surface area (Å²) in [4.78, 5) is 0. The molecule has 0 bridgehead atoms. The Kier molecular flexibility index (Phi) is 2.18. The highest BCUT2D eigenvalue weighted by Gasteiger charge is 2.19. The molecule has 2 aromatic rings. The van der Waals surface area contributed by atoms with Gasteiger partial charge in [0.15, 0.2) is 0 Å². The third kappa shape index (κ3) is 1.37. The molecule has 0 saturated carbocycles. The average molecular weight is 232 g/mol. The molecule has 0 unspecified atom stereocenters. The number of aromatic amines is 1. The van der Waals surface area contributed by atoms with Crippen LogP contribution in [0.3, 0.4) is 0 Å². The molecule has 0 amide bonds. The van der Waals surface area contributed by atoms with E-state index >= 15 is 0 Å². The summed E-state index contributed by atoms with van der Waals surface area (Å²) in [5.74, 6) is 0. The number of hydrogen-bond acceptors (Lipinski definition) is 3. The molecule has 0 spiro atoms. The molecule has 5 nitrogen and oxygen atoms in total. The Morgan fingerprint density at radius 2 is 2.07 bits per heavy atom. The normalized spacial score (nSPS) is 12.1. The lowest BCUT2D eigenvalue weighted by molar-refractivity contribution is 0.590. The Hall–Kier alpha value is -1.11. The van der Waals surface area contributed by atoms with E-state index in [0.29, 0.717) is 10.9 Å². The smallest absolute Gasteiger partial charge is 0.273 e. The van der Waals surface area contributed by atoms with Gasteiger partial charge in [0, 0.05) is 5.39 Å². The van der Waals surface area contributed by atoms with Gasteiger partial charge in [-0.05, 0) is 23.9 Å². The van der Waals surface area contributed by atoms with Crippen molar-refractivity contribution in [2.75, 3.05) is 0 Å². The maximum absolute atomic E-state index is 11.4. The Labute approximate surface area is 85.2 Å². The van der Waals surface area contributed by atoms with Crippen molar-refractivity contribution in [2.45, 2.75) is 5.03 Å². The zero-order valence-corrected chi connectivity index (χ0v) is 8.43. The van der Waals surface area contributed by atoms with Gasteiger partial charge in [0.25, 0.3) is 10.0 Å². The van der Waals surface area contributed by atoms with E-state index < -0.39 is 10.0 Å². The summed E-state index contributed by atoms with van der Waals surface area (Å²) in [7, 11) is -3.71. The summed E-state index contributed by atoms with van der Waals surface area (Å²) >= 11 is 5.09. The molecule has 0 aliphatic heterocycles. The van der Waals surface area contributed by atoms with Crippen LogP contribution < -0.4 is 4.24 Å². The van der Waals surface area contributed by atoms with Gasteiger partial charge in [-0.15, -0.1) is 4.24 Å². The van der Waals surface area contributed by atoms with Crippen molar-refractivity contribution >= 4 is 32.7 Å². The first-order chi connectivity index (χ1) is 6.65. The summed E-state index contributed by atoms with van der Waals surface area (Å²) < 4.78 is 24.4. The van der Waals surface area contributed by atoms with Gasteiger partial charge in [-0.2, -0.15) is 5.10 Å². The number of aromatic nitrogens is 2. The fourth-order valence-electron chi connectivity index (χ4n) is 1.18. The average Bonchev–Trinajstić information content (AvgIpc) is 2.61. The molecule has 2 N–H and O–H groups in total. The van der Waals surface area contributed by atoms with Crippen LogP contribution in [-0.4, -0.2) is 18.6 Å². The maximum atomic E-state index is 11.4. The molecule has 0 fully saturated rings. The van der Waals surface area contributed by atoms with Gasteiger partial charge in [-0.1, -0.05) is 12.1 Å². The Morgan fingerprint density at radius 3 is 2.79 bits per heavy atom. The minimum Gasteiger partial charge on any atom is -0.276 e. The molecule has 0 aliphatic carbocycles. The Morgan fingerprint density at radius 1 is 1.36 bits per heavy atom. The summed E-state index contributed by atoms with van der Waals surface area (Å²) in [5, 5.41) is 6.70. The van der Waals surface area contributed by atoms with Gasteiger partial charge in [0.05, 0.1) is 5.52 Å². The number of rotatable bonds is 2. The van der Waals surface area contributed by atoms with Crippen molar-refractivity contribution in [3.8, 4) is 0 Å². The number of para-hydroxylation sites is 1. The summed E-state index contributed by atoms with van der Waals surface area (Å²) in [6.07, 6.45) is 0. The van der Waals surface area contributed by atoms with Crippen molar-refractivity contribution in [1.29, 1.82) is 0 Å². The number of nitrogens with one attached hydrogen (secondary N) is 2. The highest BCUT2D eigenvalue weighted by molar-refractivity contribution is 7.90. The number of hydrogen-bond donors (Lipinski definition) is 2. The molecular formula is C7H6ClN3O2S. The zero-order chi connectivity index (χ0) is 10.2. The van der Waals surface area contributed by atoms with Gasteiger partial charge in [-0.3, -0.25) is 5.10 Å². The number of sulfonamides is 1. The van der Waals surface area contributed by atoms with Gasteiger partial charge in [0.2, 0.25) is 5.03 Å². The van der Waals surface area contributed by atoms with Crippen molar-refractivity contribution < 1.29 is 8.42 Å². The van der Waals surface area contributed by atoms with Gasteiger partial charge < -0.3 is 0 Å². The van der Waals surface area contributed by atoms with Crippen LogP contribution in [0.15, 0.2) is 29.3 Å². The number of fused-ring (bicyclic) bond motifs is 1. The molecule has 0 radical (unpaired) electrons. The minimum atomic E-state index is -3.71. The quantitative estimate of drug-likeness (QED) is 0.757. The van der Waals surface area contributed by atoms with E-state index in [9.17, 15) is 8.42 Å². The van der Waals surface area contributed by atoms with Crippen molar-refractivity contribution in [3.05, 3.63) is 24.3 Å². The van der Waals surface area contributed by atoms with Crippen LogP contribution >= 0.6 is 11.8 Å². The van der Waals surface area contributed by atoms with E-state index in [0.717, 1.165) is 0 Å². The van der Waals surface area contributed by atoms with E-state index in [1.807, 2.05) is 0 Å². The van der Waals surface area contributed by atoms with Crippen LogP contribution in [0.25, 0.3) is 10.9 Å². The Balaban J connectivity index is 2.77. The molecule has 1 heterocycles. The van der Waals surface area contributed by atoms with Crippen molar-refractivity contribution in [1.82, 2.24) is 14.4 Å². The molecule has 0 aliphatic rings. The lowest BCUT2D eigenvalue weighted by atomic mass is 10.3. The third-order valence-corrected chi connectivity index (χ3v) is 3.42. The highest BCUT2D eigenvalue weighted by atomic mass is 35.5. The first kappa shape index (κ1) is 9.45. The molecule has 1 aromatic heterocycles. The van der Waals surface area contributed by atoms with Crippen LogP contribution in [0.4, 0.5) is 0 Å². The second kappa shape index (κ2) is 3.23. The van der Waals surface area contributed by atoms with E-state index in [2.05, 4.69) is 10.2 Å². The lowest BCUT2D eigenvalue weighted by Crippen LogP contribution is -2.14. The maximum Gasteiger partial charge on any atom is 0.273 e. The molecule has 1 aromatic carbocycles. The van der Waals surface area contributed by atoms with Gasteiger partial charge in [-0.25, -0.2) is 8.42 Å². The fourth-order valence-corrected chi connectivity index (χ4v) is 2.11. The molecule has 74 valence electrons. The molecule has 0 saturated heterocycles. The SMILES string of the molecule is O=S(=O)(NCl)c1n[nH]c2ccccc12. The number of benzene rings is 1. The van der Waals surface area contributed by atoms with Gasteiger partial charge in [0.1, 0.15) is 0 Å². The predicted octanol–water partition coefficient (Wildman–Crippen LogP) is 0.995. The van der Waals surface area contributed by atoms with Crippen LogP contribution in [0.1, 0.15) is 0 Å². The highest BCUT2D eigenvalue weighted by Crippen LogP contribution is 2.19. The Bertz CT molecular complexity index is 563. The topological polar surface area (TPSA) is 74.8 Å². The largest absolute Gasteiger partial charge is 0.276 e. The van der Waals surface area contributed by atoms with E-state index in [1.165, 1.54) is 0 Å². The predicted molar refractivity (Wildman–Crippen MR) is 52.3 cm³/mol. The second-order valence-electron chi connectivity index (χ2n) is 2.65. The fraction of sp³-hybridized carbons (Fsp3) is 0. The summed E-state index contributed by atoms with van der Waals surface area (Å²) in [5.41, 5.74) is 0.651. The van der Waals surface area contributed by atoms with E-state index in [4.69, 9.17) is 11.8 Å². The molecule has 2 rings (SSSR count). The van der Waals surface area contributed by atoms with E-state index in [1.54, 1.807) is 28.5 Å². The van der Waals surface area contributed by atoms with Crippen molar-refractivity contribution in [2.24, 2.45) is 0 Å². The third-order valence-electron chi connectivity index (χ3n) is 1.79. The molecule has 7 heteroatoms. The van der Waals surface area contributed by atoms with Crippen LogP contribution in [0.2, 0.25) is 0 Å². The van der Waals surface area contributed by atoms with Crippen LogP contribution in [-0.2, 0) is 10.0 Å². The molecule has 14 heavy (non-hydrogen) atoms. The minimum absolute atomic E-state index is 0.0944. The molecular weight excluding hydrogens is 226 g/mol. The zero-order valence-electron chi connectivity index (χ0n) is 6.86. The first-order valence-electron chi connectivity index (χ1n) is 3.71. The summed E-state index contributed by atoms with van der Waals surface area (Å²) in [6, 6.07) is 6.89. The van der Waals surface area contributed by atoms with Crippen molar-refractivity contribution in [3.63, 3.8) is 0 Å². The lowest BCUT2D eigenvalue weighted by Gasteiger charge is -1.95. The monoisotopic (exact) mass is 231 g/mol. The summed E-state index contributed by atoms with van der Waals surface area (Å²) in [6.45, 7) is 0. The number of halogens is 1. The second-order valence-corrected chi connectivity index (χ2v) is 4.67. The molecule has 0 atom stereocenters. The van der Waals surface area contributed by atoms with Crippen LogP contribution in [0, 0.1) is 0 Å². The van der Waals surface area contributed by atoms with E-state index in [-0.39, 0.29) is 5.03 Å². The standard InChI is InChI=1S/C7H6ClN3O2S/c8-11-14(12,13)7-5-3-1-2-4-6(5)9-10-7/h1-4,11H,(H,9,10). The number of nitrogens with zero attached hydrogens (tertiary/aromatic N) is 1. The number of H-pyrrole nitrogens is 1. The first-order valence-corrected chi connectivity index (χ1v) is 5.57.